The Morgan fingerprint density at radius 2 is 1.91 bits per heavy atom. The van der Waals surface area contributed by atoms with E-state index < -0.39 is 29.4 Å². The summed E-state index contributed by atoms with van der Waals surface area (Å²) in [6.07, 6.45) is 2.77. The van der Waals surface area contributed by atoms with Gasteiger partial charge in [0.15, 0.2) is 0 Å². The van der Waals surface area contributed by atoms with Crippen LogP contribution in [0, 0.1) is 12.7 Å². The molecule has 2 heterocycles. The van der Waals surface area contributed by atoms with Gasteiger partial charge in [-0.05, 0) is 111 Å². The van der Waals surface area contributed by atoms with E-state index in [0.717, 1.165) is 40.8 Å². The summed E-state index contributed by atoms with van der Waals surface area (Å²) in [5, 5.41) is 2.09. The second-order valence-corrected chi connectivity index (χ2v) is 10.7. The van der Waals surface area contributed by atoms with Crippen LogP contribution < -0.4 is 10.2 Å². The van der Waals surface area contributed by atoms with Crippen LogP contribution in [0.3, 0.4) is 0 Å². The molecule has 35 heavy (non-hydrogen) atoms. The Morgan fingerprint density at radius 3 is 2.57 bits per heavy atom. The predicted molar refractivity (Wildman–Crippen MR) is 139 cm³/mol. The highest BCUT2D eigenvalue weighted by molar-refractivity contribution is 8.18. The number of anilines is 2. The molecule has 2 aliphatic heterocycles. The summed E-state index contributed by atoms with van der Waals surface area (Å²) >= 11 is 0.837. The number of aryl methyl sites for hydroxylation is 1. The molecule has 0 bridgehead atoms. The summed E-state index contributed by atoms with van der Waals surface area (Å²) in [6.45, 7) is 11.4. The lowest BCUT2D eigenvalue weighted by molar-refractivity contribution is -0.127. The lowest BCUT2D eigenvalue weighted by Gasteiger charge is -2.47. The number of imide groups is 1. The normalized spacial score (nSPS) is 20.4. The highest BCUT2D eigenvalue weighted by Crippen LogP contribution is 2.45. The van der Waals surface area contributed by atoms with Gasteiger partial charge in [0.05, 0.1) is 4.91 Å². The molecule has 1 saturated heterocycles. The third-order valence-electron chi connectivity index (χ3n) is 6.68. The minimum atomic E-state index is -0.527. The Kier molecular flexibility index (Phi) is 6.77. The summed E-state index contributed by atoms with van der Waals surface area (Å²) in [5.74, 6) is -1.07. The fourth-order valence-electron chi connectivity index (χ4n) is 5.06. The molecule has 0 saturated carbocycles. The van der Waals surface area contributed by atoms with E-state index in [9.17, 15) is 18.8 Å². The minimum Gasteiger partial charge on any atom is -0.366 e. The van der Waals surface area contributed by atoms with Crippen LogP contribution in [0.15, 0.2) is 41.3 Å². The van der Waals surface area contributed by atoms with Crippen molar-refractivity contribution in [2.75, 3.05) is 23.3 Å². The van der Waals surface area contributed by atoms with Gasteiger partial charge in [-0.15, -0.1) is 0 Å². The number of halogens is 1. The van der Waals surface area contributed by atoms with E-state index in [1.54, 1.807) is 6.08 Å². The van der Waals surface area contributed by atoms with E-state index in [0.29, 0.717) is 16.5 Å². The van der Waals surface area contributed by atoms with E-state index in [-0.39, 0.29) is 5.54 Å². The van der Waals surface area contributed by atoms with Gasteiger partial charge in [-0.2, -0.15) is 0 Å². The van der Waals surface area contributed by atoms with Crippen LogP contribution in [0.1, 0.15) is 56.7 Å². The van der Waals surface area contributed by atoms with Crippen LogP contribution in [0.25, 0.3) is 6.08 Å². The Hall–Kier alpha value is -3.13. The van der Waals surface area contributed by atoms with Gasteiger partial charge in [-0.25, -0.2) is 4.39 Å². The van der Waals surface area contributed by atoms with Crippen molar-refractivity contribution in [2.45, 2.75) is 52.5 Å². The Morgan fingerprint density at radius 1 is 1.23 bits per heavy atom. The molecule has 0 aliphatic carbocycles. The van der Waals surface area contributed by atoms with E-state index in [1.165, 1.54) is 35.5 Å². The second kappa shape index (κ2) is 9.49. The van der Waals surface area contributed by atoms with E-state index >= 15 is 0 Å². The largest absolute Gasteiger partial charge is 0.366 e. The second-order valence-electron chi connectivity index (χ2n) is 9.75. The number of fused-ring (bicyclic) bond motifs is 1. The first-order valence-electron chi connectivity index (χ1n) is 11.7. The van der Waals surface area contributed by atoms with Gasteiger partial charge < -0.3 is 10.2 Å². The number of benzene rings is 2. The average Bonchev–Trinajstić information content (AvgIpc) is 3.03. The molecule has 2 aromatic carbocycles. The molecule has 2 aromatic rings. The van der Waals surface area contributed by atoms with Crippen LogP contribution in [-0.2, 0) is 9.59 Å². The quantitative estimate of drug-likeness (QED) is 0.522. The number of nitrogens with one attached hydrogen (secondary N) is 1. The topological polar surface area (TPSA) is 69.7 Å². The molecule has 1 N–H and O–H groups in total. The smallest absolute Gasteiger partial charge is 0.294 e. The van der Waals surface area contributed by atoms with Crippen LogP contribution >= 0.6 is 11.8 Å². The molecule has 0 unspecified atom stereocenters. The monoisotopic (exact) mass is 495 g/mol. The fourth-order valence-corrected chi connectivity index (χ4v) is 5.89. The van der Waals surface area contributed by atoms with Gasteiger partial charge in [-0.1, -0.05) is 6.92 Å². The van der Waals surface area contributed by atoms with Crippen molar-refractivity contribution < 1.29 is 18.8 Å². The molecule has 0 radical (unpaired) electrons. The SMILES string of the molecule is CCN1c2cc(C)c(/C=C3\SC(=O)N(CC(=O)Nc4ccc(F)cc4)C3=O)cc2[C@H](C)CC1(C)C. The van der Waals surface area contributed by atoms with Crippen LogP contribution in [0.4, 0.5) is 20.6 Å². The maximum Gasteiger partial charge on any atom is 0.294 e. The third kappa shape index (κ3) is 4.98. The number of rotatable bonds is 5. The van der Waals surface area contributed by atoms with Gasteiger partial charge in [0.1, 0.15) is 12.4 Å². The zero-order chi connectivity index (χ0) is 25.5. The average molecular weight is 496 g/mol. The highest BCUT2D eigenvalue weighted by Gasteiger charge is 2.38. The van der Waals surface area contributed by atoms with E-state index in [4.69, 9.17) is 0 Å². The number of thioether (sulfide) groups is 1. The molecule has 4 rings (SSSR count). The minimum absolute atomic E-state index is 0.0618. The van der Waals surface area contributed by atoms with Crippen molar-refractivity contribution >= 4 is 46.3 Å². The molecule has 2 aliphatic rings. The molecule has 1 fully saturated rings. The maximum atomic E-state index is 13.1. The number of hydrogen-bond donors (Lipinski definition) is 1. The van der Waals surface area contributed by atoms with Crippen molar-refractivity contribution in [3.05, 3.63) is 63.8 Å². The lowest BCUT2D eigenvalue weighted by Crippen LogP contribution is -2.48. The highest BCUT2D eigenvalue weighted by atomic mass is 32.2. The number of nitrogens with zero attached hydrogens (tertiary/aromatic N) is 2. The van der Waals surface area contributed by atoms with E-state index in [2.05, 4.69) is 50.0 Å². The van der Waals surface area contributed by atoms with Gasteiger partial charge in [0.2, 0.25) is 5.91 Å². The Labute approximate surface area is 209 Å². The molecule has 184 valence electrons. The van der Waals surface area contributed by atoms with Gasteiger partial charge in [0, 0.05) is 23.5 Å². The Bertz CT molecular complexity index is 1220. The molecule has 1 atom stereocenters. The fraction of sp³-hybridized carbons (Fsp3) is 0.370. The zero-order valence-electron chi connectivity index (χ0n) is 20.6. The first-order valence-corrected chi connectivity index (χ1v) is 12.5. The van der Waals surface area contributed by atoms with Crippen molar-refractivity contribution in [1.29, 1.82) is 0 Å². The number of hydrogen-bond acceptors (Lipinski definition) is 5. The molecule has 0 aromatic heterocycles. The van der Waals surface area contributed by atoms with Gasteiger partial charge >= 0.3 is 0 Å². The summed E-state index contributed by atoms with van der Waals surface area (Å²) in [4.78, 5) is 41.6. The van der Waals surface area contributed by atoms with Crippen molar-refractivity contribution in [3.63, 3.8) is 0 Å². The standard InChI is InChI=1S/C27H30FN3O3S/c1-6-31-22-11-16(2)18(12-21(22)17(3)14-27(31,4)5)13-23-25(33)30(26(34)35-23)15-24(32)29-20-9-7-19(28)8-10-20/h7-13,17H,6,14-15H2,1-5H3,(H,29,32)/b23-13-/t17-/m1/s1. The van der Waals surface area contributed by atoms with Crippen LogP contribution in [0.5, 0.6) is 0 Å². The number of carbonyl (C=O) groups is 3. The van der Waals surface area contributed by atoms with E-state index in [1.807, 2.05) is 6.92 Å². The summed E-state index contributed by atoms with van der Waals surface area (Å²) < 4.78 is 13.1. The molecule has 8 heteroatoms. The summed E-state index contributed by atoms with van der Waals surface area (Å²) in [7, 11) is 0. The van der Waals surface area contributed by atoms with Crippen molar-refractivity contribution in [1.82, 2.24) is 4.90 Å². The van der Waals surface area contributed by atoms with Gasteiger partial charge in [-0.3, -0.25) is 19.3 Å². The first-order chi connectivity index (χ1) is 16.5. The first kappa shape index (κ1) is 25.0. The lowest BCUT2D eigenvalue weighted by atomic mass is 9.79. The van der Waals surface area contributed by atoms with Crippen molar-refractivity contribution in [3.8, 4) is 0 Å². The molecule has 0 spiro atoms. The third-order valence-corrected chi connectivity index (χ3v) is 7.59. The zero-order valence-corrected chi connectivity index (χ0v) is 21.5. The van der Waals surface area contributed by atoms with Crippen LogP contribution in [0.2, 0.25) is 0 Å². The van der Waals surface area contributed by atoms with Gasteiger partial charge in [0.25, 0.3) is 11.1 Å². The molecule has 6 nitrogen and oxygen atoms in total. The van der Waals surface area contributed by atoms with Crippen LogP contribution in [-0.4, -0.2) is 40.6 Å². The van der Waals surface area contributed by atoms with Crippen molar-refractivity contribution in [2.24, 2.45) is 0 Å². The maximum absolute atomic E-state index is 13.1. The summed E-state index contributed by atoms with van der Waals surface area (Å²) in [5.41, 5.74) is 4.83. The molecular formula is C27H30FN3O3S. The molecular weight excluding hydrogens is 465 g/mol. The number of carbonyl (C=O) groups excluding carboxylic acids is 3. The Balaban J connectivity index is 1.55. The predicted octanol–water partition coefficient (Wildman–Crippen LogP) is 5.92. The number of amides is 3. The molecule has 3 amide bonds. The summed E-state index contributed by atoms with van der Waals surface area (Å²) in [6, 6.07) is 9.58.